The Morgan fingerprint density at radius 1 is 1.12 bits per heavy atom. The van der Waals surface area contributed by atoms with Gasteiger partial charge in [-0.2, -0.15) is 0 Å². The van der Waals surface area contributed by atoms with Crippen LogP contribution in [0.3, 0.4) is 0 Å². The molecule has 1 saturated heterocycles. The van der Waals surface area contributed by atoms with Crippen molar-refractivity contribution in [3.8, 4) is 0 Å². The minimum absolute atomic E-state index is 0.171. The molecule has 5 nitrogen and oxygen atoms in total. The van der Waals surface area contributed by atoms with Crippen LogP contribution >= 0.6 is 0 Å². The summed E-state index contributed by atoms with van der Waals surface area (Å²) >= 11 is 0. The molecule has 25 heavy (non-hydrogen) atoms. The molecule has 1 aliphatic heterocycles. The van der Waals surface area contributed by atoms with E-state index in [2.05, 4.69) is 11.4 Å². The summed E-state index contributed by atoms with van der Waals surface area (Å²) in [6, 6.07) is 12.9. The van der Waals surface area contributed by atoms with Crippen molar-refractivity contribution in [2.75, 3.05) is 16.6 Å². The van der Waals surface area contributed by atoms with Gasteiger partial charge in [0.05, 0.1) is 11.4 Å². The fourth-order valence-corrected chi connectivity index (χ4v) is 4.59. The van der Waals surface area contributed by atoms with E-state index in [1.54, 1.807) is 24.3 Å². The Kier molecular flexibility index (Phi) is 4.81. The van der Waals surface area contributed by atoms with E-state index in [9.17, 15) is 13.2 Å². The fraction of sp³-hybridized carbons (Fsp3) is 0.316. The molecule has 0 spiro atoms. The van der Waals surface area contributed by atoms with Crippen molar-refractivity contribution in [1.82, 2.24) is 5.32 Å². The molecule has 1 aliphatic rings. The van der Waals surface area contributed by atoms with E-state index in [4.69, 9.17) is 0 Å². The monoisotopic (exact) mass is 358 g/mol. The van der Waals surface area contributed by atoms with Gasteiger partial charge < -0.3 is 5.32 Å². The van der Waals surface area contributed by atoms with Gasteiger partial charge in [0.2, 0.25) is 10.0 Å². The van der Waals surface area contributed by atoms with Crippen LogP contribution in [0.4, 0.5) is 5.69 Å². The van der Waals surface area contributed by atoms with Crippen LogP contribution in [0.1, 0.15) is 33.5 Å². The molecule has 2 aromatic carbocycles. The SMILES string of the molecule is Cc1ccc(CNC(=O)c2ccc(N3CCCS3(=O)=O)cc2)c(C)c1. The van der Waals surface area contributed by atoms with Crippen LogP contribution in [0.5, 0.6) is 0 Å². The van der Waals surface area contributed by atoms with Crippen molar-refractivity contribution < 1.29 is 13.2 Å². The number of nitrogens with zero attached hydrogens (tertiary/aromatic N) is 1. The molecule has 1 fully saturated rings. The lowest BCUT2D eigenvalue weighted by molar-refractivity contribution is 0.0951. The number of rotatable bonds is 4. The molecule has 0 saturated carbocycles. The molecule has 0 aromatic heterocycles. The number of anilines is 1. The first-order valence-corrected chi connectivity index (χ1v) is 9.92. The van der Waals surface area contributed by atoms with Crippen molar-refractivity contribution in [2.45, 2.75) is 26.8 Å². The number of hydrogen-bond acceptors (Lipinski definition) is 3. The number of aryl methyl sites for hydroxylation is 2. The highest BCUT2D eigenvalue weighted by atomic mass is 32.2. The topological polar surface area (TPSA) is 66.5 Å². The number of amides is 1. The molecule has 0 bridgehead atoms. The first-order chi connectivity index (χ1) is 11.9. The molecular weight excluding hydrogens is 336 g/mol. The van der Waals surface area contributed by atoms with Gasteiger partial charge in [-0.3, -0.25) is 9.10 Å². The van der Waals surface area contributed by atoms with E-state index >= 15 is 0 Å². The molecule has 132 valence electrons. The molecule has 0 unspecified atom stereocenters. The first kappa shape index (κ1) is 17.5. The molecule has 3 rings (SSSR count). The van der Waals surface area contributed by atoms with Gasteiger partial charge in [0.15, 0.2) is 0 Å². The second-order valence-electron chi connectivity index (χ2n) is 6.40. The summed E-state index contributed by atoms with van der Waals surface area (Å²) in [7, 11) is -3.20. The van der Waals surface area contributed by atoms with Crippen LogP contribution in [0.2, 0.25) is 0 Å². The molecular formula is C19H22N2O3S. The van der Waals surface area contributed by atoms with Crippen molar-refractivity contribution in [2.24, 2.45) is 0 Å². The lowest BCUT2D eigenvalue weighted by Crippen LogP contribution is -2.26. The first-order valence-electron chi connectivity index (χ1n) is 8.32. The summed E-state index contributed by atoms with van der Waals surface area (Å²) in [6.07, 6.45) is 0.639. The van der Waals surface area contributed by atoms with Gasteiger partial charge in [0.1, 0.15) is 0 Å². The standard InChI is InChI=1S/C19H22N2O3S/c1-14-4-5-17(15(2)12-14)13-20-19(22)16-6-8-18(9-7-16)21-10-3-11-25(21,23)24/h4-9,12H,3,10-11,13H2,1-2H3,(H,20,22). The highest BCUT2D eigenvalue weighted by molar-refractivity contribution is 7.93. The van der Waals surface area contributed by atoms with Crippen LogP contribution in [-0.2, 0) is 16.6 Å². The molecule has 2 aromatic rings. The summed E-state index contributed by atoms with van der Waals surface area (Å²) in [6.45, 7) is 5.03. The average Bonchev–Trinajstić information content (AvgIpc) is 2.93. The number of benzene rings is 2. The number of sulfonamides is 1. The van der Waals surface area contributed by atoms with Gasteiger partial charge in [-0.1, -0.05) is 23.8 Å². The van der Waals surface area contributed by atoms with Crippen molar-refractivity contribution in [3.63, 3.8) is 0 Å². The third-order valence-corrected chi connectivity index (χ3v) is 6.32. The van der Waals surface area contributed by atoms with E-state index in [0.717, 1.165) is 11.1 Å². The predicted octanol–water partition coefficient (Wildman–Crippen LogP) is 2.77. The molecule has 1 N–H and O–H groups in total. The summed E-state index contributed by atoms with van der Waals surface area (Å²) in [5, 5.41) is 2.91. The maximum Gasteiger partial charge on any atom is 0.251 e. The molecule has 1 amide bonds. The minimum atomic E-state index is -3.20. The third-order valence-electron chi connectivity index (χ3n) is 4.45. The Balaban J connectivity index is 1.67. The van der Waals surface area contributed by atoms with Gasteiger partial charge in [-0.05, 0) is 55.7 Å². The highest BCUT2D eigenvalue weighted by Crippen LogP contribution is 2.24. The number of carbonyl (C=O) groups is 1. The lowest BCUT2D eigenvalue weighted by atomic mass is 10.1. The van der Waals surface area contributed by atoms with Gasteiger partial charge in [0, 0.05) is 18.7 Å². The number of carbonyl (C=O) groups excluding carboxylic acids is 1. The van der Waals surface area contributed by atoms with Crippen LogP contribution in [0, 0.1) is 13.8 Å². The molecule has 6 heteroatoms. The third kappa shape index (κ3) is 3.85. The van der Waals surface area contributed by atoms with Crippen LogP contribution < -0.4 is 9.62 Å². The van der Waals surface area contributed by atoms with Gasteiger partial charge >= 0.3 is 0 Å². The van der Waals surface area contributed by atoms with E-state index < -0.39 is 10.0 Å². The largest absolute Gasteiger partial charge is 0.348 e. The lowest BCUT2D eigenvalue weighted by Gasteiger charge is -2.17. The summed E-state index contributed by atoms with van der Waals surface area (Å²) in [5.74, 6) is 0.0151. The van der Waals surface area contributed by atoms with E-state index in [1.807, 2.05) is 26.0 Å². The van der Waals surface area contributed by atoms with Crippen LogP contribution in [0.25, 0.3) is 0 Å². The van der Waals surface area contributed by atoms with Gasteiger partial charge in [-0.25, -0.2) is 8.42 Å². The van der Waals surface area contributed by atoms with Crippen molar-refractivity contribution >= 4 is 21.6 Å². The quantitative estimate of drug-likeness (QED) is 0.914. The predicted molar refractivity (Wildman–Crippen MR) is 99.3 cm³/mol. The van der Waals surface area contributed by atoms with Crippen LogP contribution in [-0.4, -0.2) is 26.6 Å². The molecule has 1 heterocycles. The fourth-order valence-electron chi connectivity index (χ4n) is 3.03. The summed E-state index contributed by atoms with van der Waals surface area (Å²) < 4.78 is 25.3. The molecule has 0 atom stereocenters. The zero-order chi connectivity index (χ0) is 18.0. The number of hydrogen-bond donors (Lipinski definition) is 1. The Bertz CT molecular complexity index is 889. The highest BCUT2D eigenvalue weighted by Gasteiger charge is 2.28. The maximum absolute atomic E-state index is 12.3. The zero-order valence-corrected chi connectivity index (χ0v) is 15.3. The van der Waals surface area contributed by atoms with Crippen LogP contribution in [0.15, 0.2) is 42.5 Å². The van der Waals surface area contributed by atoms with Crippen molar-refractivity contribution in [3.05, 3.63) is 64.7 Å². The normalized spacial score (nSPS) is 16.0. The second kappa shape index (κ2) is 6.88. The Morgan fingerprint density at radius 3 is 2.44 bits per heavy atom. The maximum atomic E-state index is 12.3. The molecule has 0 aliphatic carbocycles. The zero-order valence-electron chi connectivity index (χ0n) is 14.5. The minimum Gasteiger partial charge on any atom is -0.348 e. The van der Waals surface area contributed by atoms with E-state index in [0.29, 0.717) is 30.8 Å². The second-order valence-corrected chi connectivity index (χ2v) is 8.41. The van der Waals surface area contributed by atoms with E-state index in [-0.39, 0.29) is 11.7 Å². The molecule has 0 radical (unpaired) electrons. The van der Waals surface area contributed by atoms with E-state index in [1.165, 1.54) is 9.87 Å². The van der Waals surface area contributed by atoms with Crippen molar-refractivity contribution in [1.29, 1.82) is 0 Å². The average molecular weight is 358 g/mol. The summed E-state index contributed by atoms with van der Waals surface area (Å²) in [4.78, 5) is 12.3. The smallest absolute Gasteiger partial charge is 0.251 e. The van der Waals surface area contributed by atoms with Gasteiger partial charge in [0.25, 0.3) is 5.91 Å². The Hall–Kier alpha value is -2.34. The Labute approximate surface area is 148 Å². The Morgan fingerprint density at radius 2 is 1.84 bits per heavy atom. The summed E-state index contributed by atoms with van der Waals surface area (Å²) in [5.41, 5.74) is 4.56. The number of nitrogens with one attached hydrogen (secondary N) is 1. The van der Waals surface area contributed by atoms with Gasteiger partial charge in [-0.15, -0.1) is 0 Å².